The normalized spacial score (nSPS) is 9.75. The van der Waals surface area contributed by atoms with Crippen molar-refractivity contribution in [2.45, 2.75) is 19.8 Å². The highest BCUT2D eigenvalue weighted by Gasteiger charge is 2.00. The van der Waals surface area contributed by atoms with Crippen LogP contribution < -0.4 is 0 Å². The summed E-state index contributed by atoms with van der Waals surface area (Å²) in [5.74, 6) is 0. The van der Waals surface area contributed by atoms with E-state index in [9.17, 15) is 0 Å². The van der Waals surface area contributed by atoms with Crippen LogP contribution in [-0.2, 0) is 0 Å². The molecule has 0 aliphatic carbocycles. The number of aryl methyl sites for hydroxylation is 1. The van der Waals surface area contributed by atoms with Crippen LogP contribution >= 0.6 is 0 Å². The van der Waals surface area contributed by atoms with Gasteiger partial charge in [-0.2, -0.15) is 5.10 Å². The maximum Gasteiger partial charge on any atom is 0.0877 e. The number of allylic oxidation sites excluding steroid dienone is 2. The zero-order valence-corrected chi connectivity index (χ0v) is 7.43. The molecule has 0 saturated carbocycles. The fourth-order valence-electron chi connectivity index (χ4n) is 1.00. The fraction of sp³-hybridized carbons (Fsp3) is 0.300. The van der Waals surface area contributed by atoms with Gasteiger partial charge in [-0.15, -0.1) is 6.58 Å². The van der Waals surface area contributed by atoms with E-state index in [1.165, 1.54) is 0 Å². The van der Waals surface area contributed by atoms with Gasteiger partial charge in [-0.25, -0.2) is 0 Å². The van der Waals surface area contributed by atoms with Gasteiger partial charge >= 0.3 is 0 Å². The van der Waals surface area contributed by atoms with Crippen molar-refractivity contribution >= 4 is 5.57 Å². The van der Waals surface area contributed by atoms with Crippen molar-refractivity contribution < 1.29 is 0 Å². The summed E-state index contributed by atoms with van der Waals surface area (Å²) in [6.45, 7) is 9.59. The first-order valence-electron chi connectivity index (χ1n) is 4.05. The van der Waals surface area contributed by atoms with Gasteiger partial charge < -0.3 is 0 Å². The molecular formula is C10H14N2. The maximum atomic E-state index is 4.11. The van der Waals surface area contributed by atoms with E-state index >= 15 is 0 Å². The molecule has 1 aromatic heterocycles. The molecule has 2 nitrogen and oxygen atoms in total. The van der Waals surface area contributed by atoms with Crippen LogP contribution in [0.4, 0.5) is 0 Å². The molecule has 0 aliphatic rings. The Morgan fingerprint density at radius 2 is 2.50 bits per heavy atom. The first-order valence-corrected chi connectivity index (χ1v) is 4.05. The number of nitrogens with one attached hydrogen (secondary N) is 1. The lowest BCUT2D eigenvalue weighted by molar-refractivity contribution is 1.01. The van der Waals surface area contributed by atoms with Crippen molar-refractivity contribution in [3.05, 3.63) is 36.7 Å². The topological polar surface area (TPSA) is 28.7 Å². The molecule has 1 N–H and O–H groups in total. The van der Waals surface area contributed by atoms with Gasteiger partial charge in [-0.3, -0.25) is 5.10 Å². The van der Waals surface area contributed by atoms with Crippen molar-refractivity contribution in [3.8, 4) is 0 Å². The average Bonchev–Trinajstić information content (AvgIpc) is 2.47. The molecule has 0 aliphatic heterocycles. The first kappa shape index (κ1) is 8.78. The molecule has 1 aromatic rings. The molecule has 0 saturated heterocycles. The van der Waals surface area contributed by atoms with Gasteiger partial charge in [-0.1, -0.05) is 12.7 Å². The highest BCUT2D eigenvalue weighted by molar-refractivity contribution is 5.60. The fourth-order valence-corrected chi connectivity index (χ4v) is 1.00. The summed E-state index contributed by atoms with van der Waals surface area (Å²) < 4.78 is 0. The summed E-state index contributed by atoms with van der Waals surface area (Å²) >= 11 is 0. The quantitative estimate of drug-likeness (QED) is 0.677. The molecule has 1 heterocycles. The molecule has 0 bridgehead atoms. The summed E-state index contributed by atoms with van der Waals surface area (Å²) in [5.41, 5.74) is 3.11. The standard InChI is InChI=1S/C10H14N2/c1-4-5-6-8(2)10-7-9(3)11-12-10/h4,7H,1-2,5-6H2,3H3,(H,11,12). The van der Waals surface area contributed by atoms with E-state index in [2.05, 4.69) is 23.4 Å². The Hall–Kier alpha value is -1.31. The molecule has 0 fully saturated rings. The second-order valence-corrected chi connectivity index (χ2v) is 2.87. The molecule has 2 heteroatoms. The summed E-state index contributed by atoms with van der Waals surface area (Å²) in [6.07, 6.45) is 3.79. The van der Waals surface area contributed by atoms with Crippen molar-refractivity contribution in [2.24, 2.45) is 0 Å². The van der Waals surface area contributed by atoms with E-state index < -0.39 is 0 Å². The van der Waals surface area contributed by atoms with Gasteiger partial charge in [0.25, 0.3) is 0 Å². The van der Waals surface area contributed by atoms with E-state index in [4.69, 9.17) is 0 Å². The summed E-state index contributed by atoms with van der Waals surface area (Å²) in [5, 5.41) is 7.00. The predicted octanol–water partition coefficient (Wildman–Crippen LogP) is 2.70. The first-order chi connectivity index (χ1) is 5.74. The zero-order valence-electron chi connectivity index (χ0n) is 7.43. The van der Waals surface area contributed by atoms with Gasteiger partial charge in [0.05, 0.1) is 5.69 Å². The lowest BCUT2D eigenvalue weighted by Gasteiger charge is -1.96. The minimum atomic E-state index is 0.938. The van der Waals surface area contributed by atoms with Crippen LogP contribution in [0.2, 0.25) is 0 Å². The Morgan fingerprint density at radius 3 is 3.00 bits per heavy atom. The summed E-state index contributed by atoms with van der Waals surface area (Å²) in [4.78, 5) is 0. The van der Waals surface area contributed by atoms with Gasteiger partial charge in [-0.05, 0) is 31.4 Å². The molecule has 0 aromatic carbocycles. The van der Waals surface area contributed by atoms with Crippen LogP contribution in [0.1, 0.15) is 24.2 Å². The van der Waals surface area contributed by atoms with Crippen LogP contribution in [0.3, 0.4) is 0 Å². The highest BCUT2D eigenvalue weighted by atomic mass is 15.1. The number of nitrogens with zero attached hydrogens (tertiary/aromatic N) is 1. The van der Waals surface area contributed by atoms with E-state index in [0.717, 1.165) is 29.8 Å². The Morgan fingerprint density at radius 1 is 1.75 bits per heavy atom. The summed E-state index contributed by atoms with van der Waals surface area (Å²) in [7, 11) is 0. The number of aromatic amines is 1. The van der Waals surface area contributed by atoms with E-state index in [-0.39, 0.29) is 0 Å². The molecule has 64 valence electrons. The molecule has 12 heavy (non-hydrogen) atoms. The van der Waals surface area contributed by atoms with Crippen LogP contribution in [-0.4, -0.2) is 10.2 Å². The lowest BCUT2D eigenvalue weighted by Crippen LogP contribution is -1.82. The molecule has 0 spiro atoms. The van der Waals surface area contributed by atoms with Crippen molar-refractivity contribution in [1.29, 1.82) is 0 Å². The third kappa shape index (κ3) is 2.09. The van der Waals surface area contributed by atoms with Crippen LogP contribution in [0.15, 0.2) is 25.3 Å². The van der Waals surface area contributed by atoms with Gasteiger partial charge in [0.15, 0.2) is 0 Å². The SMILES string of the molecule is C=CCCC(=C)c1cc(C)[nH]n1. The largest absolute Gasteiger partial charge is 0.282 e. The number of H-pyrrole nitrogens is 1. The van der Waals surface area contributed by atoms with Gasteiger partial charge in [0, 0.05) is 5.69 Å². The Kier molecular flexibility index (Phi) is 2.86. The Bertz CT molecular complexity index is 284. The minimum Gasteiger partial charge on any atom is -0.282 e. The molecular weight excluding hydrogens is 148 g/mol. The zero-order chi connectivity index (χ0) is 8.97. The maximum absolute atomic E-state index is 4.11. The number of aromatic nitrogens is 2. The average molecular weight is 162 g/mol. The predicted molar refractivity (Wildman–Crippen MR) is 51.8 cm³/mol. The van der Waals surface area contributed by atoms with Crippen LogP contribution in [0.25, 0.3) is 5.57 Å². The number of hydrogen-bond acceptors (Lipinski definition) is 1. The second kappa shape index (κ2) is 3.90. The van der Waals surface area contributed by atoms with Crippen molar-refractivity contribution in [3.63, 3.8) is 0 Å². The second-order valence-electron chi connectivity index (χ2n) is 2.87. The Balaban J connectivity index is 2.59. The lowest BCUT2D eigenvalue weighted by atomic mass is 10.1. The molecule has 1 rings (SSSR count). The van der Waals surface area contributed by atoms with Crippen LogP contribution in [0, 0.1) is 6.92 Å². The minimum absolute atomic E-state index is 0.938. The van der Waals surface area contributed by atoms with E-state index in [0.29, 0.717) is 0 Å². The third-order valence-corrected chi connectivity index (χ3v) is 1.72. The Labute approximate surface area is 73.0 Å². The summed E-state index contributed by atoms with van der Waals surface area (Å²) in [6, 6.07) is 2.01. The van der Waals surface area contributed by atoms with Crippen molar-refractivity contribution in [1.82, 2.24) is 10.2 Å². The monoisotopic (exact) mass is 162 g/mol. The highest BCUT2D eigenvalue weighted by Crippen LogP contribution is 2.15. The molecule has 0 amide bonds. The van der Waals surface area contributed by atoms with E-state index in [1.54, 1.807) is 0 Å². The van der Waals surface area contributed by atoms with Gasteiger partial charge in [0.2, 0.25) is 0 Å². The van der Waals surface area contributed by atoms with Crippen molar-refractivity contribution in [2.75, 3.05) is 0 Å². The van der Waals surface area contributed by atoms with Crippen LogP contribution in [0.5, 0.6) is 0 Å². The third-order valence-electron chi connectivity index (χ3n) is 1.72. The molecule has 0 radical (unpaired) electrons. The number of rotatable bonds is 4. The smallest absolute Gasteiger partial charge is 0.0877 e. The van der Waals surface area contributed by atoms with Gasteiger partial charge in [0.1, 0.15) is 0 Å². The molecule has 0 atom stereocenters. The molecule has 0 unspecified atom stereocenters. The van der Waals surface area contributed by atoms with E-state index in [1.807, 2.05) is 19.1 Å². The number of hydrogen-bond donors (Lipinski definition) is 1.